The molecule has 7 nitrogen and oxygen atoms in total. The molecule has 7 heteroatoms. The summed E-state index contributed by atoms with van der Waals surface area (Å²) in [5, 5.41) is 0.691. The molecule has 0 aliphatic heterocycles. The van der Waals surface area contributed by atoms with Crippen LogP contribution in [0.4, 0.5) is 0 Å². The maximum atomic E-state index is 12.9. The molecule has 1 aromatic heterocycles. The van der Waals surface area contributed by atoms with Crippen LogP contribution in [0.1, 0.15) is 33.6 Å². The summed E-state index contributed by atoms with van der Waals surface area (Å²) in [5.41, 5.74) is 9.65. The average molecular weight is 418 g/mol. The molecule has 31 heavy (non-hydrogen) atoms. The molecule has 0 radical (unpaired) electrons. The maximum absolute atomic E-state index is 12.9. The van der Waals surface area contributed by atoms with Gasteiger partial charge < -0.3 is 19.9 Å². The molecule has 1 aliphatic rings. The average Bonchev–Trinajstić information content (AvgIpc) is 3.17. The fourth-order valence-electron chi connectivity index (χ4n) is 3.93. The smallest absolute Gasteiger partial charge is 0.339 e. The molecule has 0 unspecified atom stereocenters. The highest BCUT2D eigenvalue weighted by atomic mass is 16.5. The van der Waals surface area contributed by atoms with Crippen LogP contribution in [0.15, 0.2) is 42.5 Å². The lowest BCUT2D eigenvalue weighted by atomic mass is 10.0. The lowest BCUT2D eigenvalue weighted by molar-refractivity contribution is -0.121. The minimum atomic E-state index is -0.700. The third-order valence-corrected chi connectivity index (χ3v) is 5.25. The van der Waals surface area contributed by atoms with Gasteiger partial charge in [-0.3, -0.25) is 4.79 Å². The Morgan fingerprint density at radius 3 is 2.61 bits per heavy atom. The first-order valence-corrected chi connectivity index (χ1v) is 9.82. The lowest BCUT2D eigenvalue weighted by Crippen LogP contribution is -2.21. The van der Waals surface area contributed by atoms with E-state index in [1.807, 2.05) is 48.5 Å². The van der Waals surface area contributed by atoms with Gasteiger partial charge in [-0.2, -0.15) is 0 Å². The number of allylic oxidation sites excluding steroid dienone is 1. The Balaban J connectivity index is 1.86. The molecule has 0 fully saturated rings. The van der Waals surface area contributed by atoms with Crippen LogP contribution in [0.25, 0.3) is 22.6 Å². The van der Waals surface area contributed by atoms with Crippen molar-refractivity contribution in [2.45, 2.75) is 12.8 Å². The highest BCUT2D eigenvalue weighted by Gasteiger charge is 2.28. The number of nitrogens with zero attached hydrogens (tertiary/aromatic N) is 1. The van der Waals surface area contributed by atoms with Crippen molar-refractivity contribution >= 4 is 34.4 Å². The SMILES string of the molecule is COc1cccc(C=C2CCc3c2nc2ccccc2c3C(=O)OCC(N)=O)c1OC. The second-order valence-electron chi connectivity index (χ2n) is 7.13. The number of nitrogens with two attached hydrogens (primary N) is 1. The minimum Gasteiger partial charge on any atom is -0.493 e. The molecule has 0 atom stereocenters. The van der Waals surface area contributed by atoms with Crippen LogP contribution < -0.4 is 15.2 Å². The summed E-state index contributed by atoms with van der Waals surface area (Å²) in [6.45, 7) is -0.464. The minimum absolute atomic E-state index is 0.433. The monoisotopic (exact) mass is 418 g/mol. The third kappa shape index (κ3) is 3.82. The van der Waals surface area contributed by atoms with Gasteiger partial charge in [0.2, 0.25) is 0 Å². The van der Waals surface area contributed by atoms with Crippen molar-refractivity contribution in [3.8, 4) is 11.5 Å². The Morgan fingerprint density at radius 1 is 1.06 bits per heavy atom. The van der Waals surface area contributed by atoms with E-state index in [2.05, 4.69) is 0 Å². The van der Waals surface area contributed by atoms with Crippen LogP contribution >= 0.6 is 0 Å². The largest absolute Gasteiger partial charge is 0.493 e. The maximum Gasteiger partial charge on any atom is 0.339 e. The molecule has 0 bridgehead atoms. The summed E-state index contributed by atoms with van der Waals surface area (Å²) in [4.78, 5) is 28.8. The van der Waals surface area contributed by atoms with E-state index >= 15 is 0 Å². The number of pyridine rings is 1. The molecule has 3 aromatic rings. The van der Waals surface area contributed by atoms with Gasteiger partial charge >= 0.3 is 5.97 Å². The number of rotatable bonds is 6. The normalized spacial score (nSPS) is 13.8. The fraction of sp³-hybridized carbons (Fsp3) is 0.208. The van der Waals surface area contributed by atoms with E-state index < -0.39 is 18.5 Å². The summed E-state index contributed by atoms with van der Waals surface area (Å²) in [5.74, 6) is -0.00647. The number of primary amides is 1. The second kappa shape index (κ2) is 8.47. The molecule has 1 aliphatic carbocycles. The van der Waals surface area contributed by atoms with Crippen molar-refractivity contribution in [2.24, 2.45) is 5.73 Å². The van der Waals surface area contributed by atoms with Crippen molar-refractivity contribution in [1.29, 1.82) is 0 Å². The van der Waals surface area contributed by atoms with E-state index in [1.54, 1.807) is 14.2 Å². The van der Waals surface area contributed by atoms with Gasteiger partial charge in [-0.15, -0.1) is 0 Å². The standard InChI is InChI=1S/C24H22N2O5/c1-29-19-9-5-6-15(23(19)30-2)12-14-10-11-17-21(24(28)31-13-20(25)27)16-7-3-4-8-18(16)26-22(14)17/h3-9,12H,10-11,13H2,1-2H3,(H2,25,27). The van der Waals surface area contributed by atoms with E-state index in [-0.39, 0.29) is 0 Å². The number of esters is 1. The van der Waals surface area contributed by atoms with Crippen molar-refractivity contribution in [1.82, 2.24) is 4.98 Å². The predicted octanol–water partition coefficient (Wildman–Crippen LogP) is 3.38. The Hall–Kier alpha value is -3.87. The number of amides is 1. The van der Waals surface area contributed by atoms with Gasteiger partial charge in [-0.05, 0) is 42.2 Å². The van der Waals surface area contributed by atoms with E-state index in [9.17, 15) is 9.59 Å². The molecule has 1 amide bonds. The van der Waals surface area contributed by atoms with Crippen molar-refractivity contribution < 1.29 is 23.8 Å². The molecule has 2 N–H and O–H groups in total. The number of hydrogen-bond acceptors (Lipinski definition) is 6. The van der Waals surface area contributed by atoms with Crippen LogP contribution in [-0.2, 0) is 16.0 Å². The molecular formula is C24H22N2O5. The van der Waals surface area contributed by atoms with Gasteiger partial charge in [0.15, 0.2) is 18.1 Å². The number of hydrogen-bond donors (Lipinski definition) is 1. The fourth-order valence-corrected chi connectivity index (χ4v) is 3.93. The molecular weight excluding hydrogens is 396 g/mol. The van der Waals surface area contributed by atoms with Crippen LogP contribution in [0, 0.1) is 0 Å². The Kier molecular flexibility index (Phi) is 5.58. The number of aromatic nitrogens is 1. The van der Waals surface area contributed by atoms with Crippen LogP contribution in [0.5, 0.6) is 11.5 Å². The lowest BCUT2D eigenvalue weighted by Gasteiger charge is -2.13. The van der Waals surface area contributed by atoms with Crippen LogP contribution in [0.2, 0.25) is 0 Å². The number of carbonyl (C=O) groups excluding carboxylic acids is 2. The molecule has 158 valence electrons. The van der Waals surface area contributed by atoms with E-state index in [1.165, 1.54) is 0 Å². The summed E-state index contributed by atoms with van der Waals surface area (Å²) < 4.78 is 16.1. The number of carbonyl (C=O) groups is 2. The van der Waals surface area contributed by atoms with Gasteiger partial charge in [-0.25, -0.2) is 9.78 Å². The van der Waals surface area contributed by atoms with Gasteiger partial charge in [0, 0.05) is 10.9 Å². The Bertz CT molecular complexity index is 1220. The number of methoxy groups -OCH3 is 2. The Labute approximate surface area is 179 Å². The first kappa shape index (κ1) is 20.4. The molecule has 0 spiro atoms. The van der Waals surface area contributed by atoms with Gasteiger partial charge in [-0.1, -0.05) is 30.3 Å². The summed E-state index contributed by atoms with van der Waals surface area (Å²) in [6.07, 6.45) is 3.34. The number of fused-ring (bicyclic) bond motifs is 2. The first-order chi connectivity index (χ1) is 15.0. The van der Waals surface area contributed by atoms with Crippen molar-refractivity contribution in [3.05, 3.63) is 64.8 Å². The molecule has 0 saturated carbocycles. The Morgan fingerprint density at radius 2 is 1.87 bits per heavy atom. The van der Waals surface area contributed by atoms with E-state index in [4.69, 9.17) is 24.9 Å². The third-order valence-electron chi connectivity index (χ3n) is 5.25. The number of para-hydroxylation sites is 2. The topological polar surface area (TPSA) is 101 Å². The molecule has 2 aromatic carbocycles. The first-order valence-electron chi connectivity index (χ1n) is 9.82. The van der Waals surface area contributed by atoms with Gasteiger partial charge in [0.25, 0.3) is 5.91 Å². The second-order valence-corrected chi connectivity index (χ2v) is 7.13. The summed E-state index contributed by atoms with van der Waals surface area (Å²) >= 11 is 0. The zero-order valence-corrected chi connectivity index (χ0v) is 17.3. The highest BCUT2D eigenvalue weighted by molar-refractivity contribution is 6.07. The molecule has 0 saturated heterocycles. The predicted molar refractivity (Wildman–Crippen MR) is 117 cm³/mol. The van der Waals surface area contributed by atoms with Gasteiger partial charge in [0.05, 0.1) is 31.0 Å². The van der Waals surface area contributed by atoms with E-state index in [0.717, 1.165) is 22.4 Å². The van der Waals surface area contributed by atoms with Crippen LogP contribution in [-0.4, -0.2) is 37.7 Å². The molecule has 1 heterocycles. The zero-order valence-electron chi connectivity index (χ0n) is 17.3. The highest BCUT2D eigenvalue weighted by Crippen LogP contribution is 2.40. The summed E-state index contributed by atoms with van der Waals surface area (Å²) in [6, 6.07) is 13.1. The van der Waals surface area contributed by atoms with Gasteiger partial charge in [0.1, 0.15) is 0 Å². The quantitative estimate of drug-likeness (QED) is 0.616. The van der Waals surface area contributed by atoms with Crippen molar-refractivity contribution in [2.75, 3.05) is 20.8 Å². The summed E-state index contributed by atoms with van der Waals surface area (Å²) in [7, 11) is 3.19. The van der Waals surface area contributed by atoms with E-state index in [0.29, 0.717) is 40.8 Å². The van der Waals surface area contributed by atoms with Crippen molar-refractivity contribution in [3.63, 3.8) is 0 Å². The number of ether oxygens (including phenoxy) is 3. The zero-order chi connectivity index (χ0) is 22.0. The van der Waals surface area contributed by atoms with Crippen LogP contribution in [0.3, 0.4) is 0 Å². The number of benzene rings is 2. The molecule has 4 rings (SSSR count).